The molecule has 0 saturated heterocycles. The van der Waals surface area contributed by atoms with Crippen LogP contribution in [0.5, 0.6) is 5.75 Å². The van der Waals surface area contributed by atoms with Crippen molar-refractivity contribution in [2.45, 2.75) is 13.5 Å². The summed E-state index contributed by atoms with van der Waals surface area (Å²) in [7, 11) is 1.60. The number of anilines is 4. The number of rotatable bonds is 8. The predicted molar refractivity (Wildman–Crippen MR) is 131 cm³/mol. The fourth-order valence-corrected chi connectivity index (χ4v) is 3.54. The van der Waals surface area contributed by atoms with Gasteiger partial charge >= 0.3 is 0 Å². The number of nitriles is 1. The third kappa shape index (κ3) is 4.60. The van der Waals surface area contributed by atoms with Gasteiger partial charge in [0.1, 0.15) is 5.75 Å². The van der Waals surface area contributed by atoms with E-state index in [1.165, 1.54) is 6.20 Å². The van der Waals surface area contributed by atoms with E-state index < -0.39 is 0 Å². The maximum absolute atomic E-state index is 9.45. The van der Waals surface area contributed by atoms with E-state index in [9.17, 15) is 5.11 Å². The molecule has 0 bridgehead atoms. The fourth-order valence-electron chi connectivity index (χ4n) is 3.54. The number of nitrogens with zero attached hydrogens (tertiary/aromatic N) is 5. The van der Waals surface area contributed by atoms with Crippen molar-refractivity contribution in [2.24, 2.45) is 5.73 Å². The first-order valence-corrected chi connectivity index (χ1v) is 10.5. The lowest BCUT2D eigenvalue weighted by molar-refractivity contribution is 0.277. The number of benzene rings is 2. The van der Waals surface area contributed by atoms with Gasteiger partial charge in [-0.1, -0.05) is 0 Å². The molecule has 0 unspecified atom stereocenters. The molecule has 2 heterocycles. The lowest BCUT2D eigenvalue weighted by Gasteiger charge is -2.16. The molecule has 0 saturated carbocycles. The van der Waals surface area contributed by atoms with Gasteiger partial charge in [0, 0.05) is 12.2 Å². The van der Waals surface area contributed by atoms with Crippen LogP contribution < -0.4 is 21.1 Å². The number of nitrogens with one attached hydrogen (secondary N) is 2. The molecule has 172 valence electrons. The molecule has 34 heavy (non-hydrogen) atoms. The Labute approximate surface area is 196 Å². The van der Waals surface area contributed by atoms with Crippen LogP contribution in [0.2, 0.25) is 0 Å². The second-order valence-electron chi connectivity index (χ2n) is 7.44. The van der Waals surface area contributed by atoms with Crippen LogP contribution in [0.4, 0.5) is 23.1 Å². The average Bonchev–Trinajstić information content (AvgIpc) is 3.24. The molecule has 0 atom stereocenters. The van der Waals surface area contributed by atoms with Crippen molar-refractivity contribution in [3.05, 3.63) is 65.6 Å². The van der Waals surface area contributed by atoms with Gasteiger partial charge in [-0.05, 0) is 66.7 Å². The molecule has 10 nitrogen and oxygen atoms in total. The number of nitrogens with two attached hydrogens (primary N) is 1. The molecule has 2 aromatic carbocycles. The molecule has 0 fully saturated rings. The third-order valence-corrected chi connectivity index (χ3v) is 5.15. The summed E-state index contributed by atoms with van der Waals surface area (Å²) in [6.45, 7) is 2.24. The first kappa shape index (κ1) is 22.6. The quantitative estimate of drug-likeness (QED) is 0.313. The Bertz CT molecular complexity index is 1390. The standard InChI is InChI=1S/C24H24N8O2/c1-15-11-17(7-8-25)12-19(34-2)20(15)29-22-21-23(32(9-10-33)14-27-21)31-24(30-22)28-18-5-3-16(13-26)4-6-18/h3-8,11-12,14,33H,9-10,25H2,1-2H3,(H2,28,29,30,31)/b8-7+. The summed E-state index contributed by atoms with van der Waals surface area (Å²) in [6.07, 6.45) is 4.88. The van der Waals surface area contributed by atoms with Crippen molar-refractivity contribution in [2.75, 3.05) is 24.4 Å². The molecular weight excluding hydrogens is 432 g/mol. The van der Waals surface area contributed by atoms with Crippen molar-refractivity contribution in [1.82, 2.24) is 19.5 Å². The van der Waals surface area contributed by atoms with Crippen LogP contribution in [0.25, 0.3) is 17.2 Å². The number of aliphatic hydroxyl groups excluding tert-OH is 1. The van der Waals surface area contributed by atoms with Crippen molar-refractivity contribution >= 4 is 40.4 Å². The number of hydrogen-bond donors (Lipinski definition) is 4. The highest BCUT2D eigenvalue weighted by Gasteiger charge is 2.17. The molecule has 10 heteroatoms. The Hall–Kier alpha value is -4.62. The van der Waals surface area contributed by atoms with Gasteiger partial charge in [-0.15, -0.1) is 0 Å². The van der Waals surface area contributed by atoms with Gasteiger partial charge in [0.25, 0.3) is 0 Å². The second kappa shape index (κ2) is 9.89. The van der Waals surface area contributed by atoms with Crippen LogP contribution in [-0.4, -0.2) is 38.3 Å². The summed E-state index contributed by atoms with van der Waals surface area (Å²) in [4.78, 5) is 13.7. The van der Waals surface area contributed by atoms with Gasteiger partial charge in [0.05, 0.1) is 37.4 Å². The SMILES string of the molecule is COc1cc(/C=C/N)cc(C)c1Nc1nc(Nc2ccc(C#N)cc2)nc2c1ncn2CCO. The second-order valence-corrected chi connectivity index (χ2v) is 7.44. The van der Waals surface area contributed by atoms with E-state index in [4.69, 9.17) is 15.7 Å². The average molecular weight is 457 g/mol. The summed E-state index contributed by atoms with van der Waals surface area (Å²) in [5, 5.41) is 25.0. The number of aryl methyl sites for hydroxylation is 1. The maximum atomic E-state index is 9.45. The maximum Gasteiger partial charge on any atom is 0.231 e. The highest BCUT2D eigenvalue weighted by molar-refractivity contribution is 5.88. The number of ether oxygens (including phenoxy) is 1. The molecule has 0 spiro atoms. The summed E-state index contributed by atoms with van der Waals surface area (Å²) < 4.78 is 7.36. The summed E-state index contributed by atoms with van der Waals surface area (Å²) >= 11 is 0. The van der Waals surface area contributed by atoms with E-state index in [1.54, 1.807) is 48.3 Å². The van der Waals surface area contributed by atoms with E-state index >= 15 is 0 Å². The van der Waals surface area contributed by atoms with Crippen LogP contribution in [-0.2, 0) is 6.54 Å². The monoisotopic (exact) mass is 456 g/mol. The molecule has 0 aliphatic carbocycles. The zero-order valence-corrected chi connectivity index (χ0v) is 18.8. The van der Waals surface area contributed by atoms with E-state index in [-0.39, 0.29) is 6.61 Å². The Balaban J connectivity index is 1.79. The lowest BCUT2D eigenvalue weighted by atomic mass is 10.1. The van der Waals surface area contributed by atoms with Gasteiger partial charge in [-0.3, -0.25) is 0 Å². The molecule has 4 rings (SSSR count). The topological polar surface area (TPSA) is 147 Å². The Morgan fingerprint density at radius 3 is 2.68 bits per heavy atom. The normalized spacial score (nSPS) is 11.0. The fraction of sp³-hybridized carbons (Fsp3) is 0.167. The molecule has 0 radical (unpaired) electrons. The van der Waals surface area contributed by atoms with Crippen molar-refractivity contribution in [1.29, 1.82) is 5.26 Å². The molecule has 0 aliphatic heterocycles. The van der Waals surface area contributed by atoms with Crippen molar-refractivity contribution < 1.29 is 9.84 Å². The molecular formula is C24H24N8O2. The number of aliphatic hydroxyl groups is 1. The van der Waals surface area contributed by atoms with E-state index in [0.717, 1.165) is 22.5 Å². The largest absolute Gasteiger partial charge is 0.495 e. The lowest BCUT2D eigenvalue weighted by Crippen LogP contribution is -2.07. The number of aromatic nitrogens is 4. The minimum Gasteiger partial charge on any atom is -0.495 e. The zero-order chi connectivity index (χ0) is 24.1. The van der Waals surface area contributed by atoms with Crippen molar-refractivity contribution in [3.63, 3.8) is 0 Å². The number of hydrogen-bond acceptors (Lipinski definition) is 9. The Morgan fingerprint density at radius 2 is 2.00 bits per heavy atom. The molecule has 4 aromatic rings. The number of fused-ring (bicyclic) bond motifs is 1. The third-order valence-electron chi connectivity index (χ3n) is 5.15. The smallest absolute Gasteiger partial charge is 0.231 e. The molecule has 5 N–H and O–H groups in total. The summed E-state index contributed by atoms with van der Waals surface area (Å²) in [5.74, 6) is 1.43. The van der Waals surface area contributed by atoms with Gasteiger partial charge < -0.3 is 30.8 Å². The summed E-state index contributed by atoms with van der Waals surface area (Å²) in [5.41, 5.74) is 10.5. The van der Waals surface area contributed by atoms with Gasteiger partial charge in [0.15, 0.2) is 17.0 Å². The minimum atomic E-state index is -0.0559. The summed E-state index contributed by atoms with van der Waals surface area (Å²) in [6, 6.07) is 12.9. The van der Waals surface area contributed by atoms with Crippen LogP contribution in [0.3, 0.4) is 0 Å². The Morgan fingerprint density at radius 1 is 1.21 bits per heavy atom. The van der Waals surface area contributed by atoms with Crippen LogP contribution in [0.1, 0.15) is 16.7 Å². The molecule has 0 aliphatic rings. The number of imidazole rings is 1. The van der Waals surface area contributed by atoms with Crippen molar-refractivity contribution in [3.8, 4) is 11.8 Å². The van der Waals surface area contributed by atoms with E-state index in [2.05, 4.69) is 31.7 Å². The van der Waals surface area contributed by atoms with Crippen LogP contribution in [0, 0.1) is 18.3 Å². The van der Waals surface area contributed by atoms with E-state index in [0.29, 0.717) is 40.8 Å². The van der Waals surface area contributed by atoms with E-state index in [1.807, 2.05) is 19.1 Å². The molecule has 0 amide bonds. The highest BCUT2D eigenvalue weighted by atomic mass is 16.5. The highest BCUT2D eigenvalue weighted by Crippen LogP contribution is 2.34. The predicted octanol–water partition coefficient (Wildman–Crippen LogP) is 3.42. The first-order chi connectivity index (χ1) is 16.6. The van der Waals surface area contributed by atoms with Gasteiger partial charge in [0.2, 0.25) is 5.95 Å². The first-order valence-electron chi connectivity index (χ1n) is 10.5. The zero-order valence-electron chi connectivity index (χ0n) is 18.8. The van der Waals surface area contributed by atoms with Gasteiger partial charge in [-0.25, -0.2) is 4.98 Å². The van der Waals surface area contributed by atoms with Crippen LogP contribution in [0.15, 0.2) is 48.9 Å². The molecule has 2 aromatic heterocycles. The van der Waals surface area contributed by atoms with Gasteiger partial charge in [-0.2, -0.15) is 15.2 Å². The van der Waals surface area contributed by atoms with Crippen LogP contribution >= 0.6 is 0 Å². The minimum absolute atomic E-state index is 0.0559. The number of methoxy groups -OCH3 is 1. The Kier molecular flexibility index (Phi) is 6.57.